The van der Waals surface area contributed by atoms with Gasteiger partial charge in [0.15, 0.2) is 0 Å². The predicted molar refractivity (Wildman–Crippen MR) is 86.7 cm³/mol. The minimum absolute atomic E-state index is 0.274. The summed E-state index contributed by atoms with van der Waals surface area (Å²) in [6.45, 7) is 2.80. The van der Waals surface area contributed by atoms with Gasteiger partial charge < -0.3 is 9.52 Å². The maximum Gasteiger partial charge on any atom is 0.147 e. The van der Waals surface area contributed by atoms with Crippen LogP contribution in [0, 0.1) is 20.8 Å². The number of rotatable bonds is 1. The number of fused-ring (bicyclic) bond motifs is 4. The molecular weight excluding hydrogens is 379 g/mol. The van der Waals surface area contributed by atoms with Crippen LogP contribution in [0.25, 0.3) is 11.0 Å². The van der Waals surface area contributed by atoms with Crippen molar-refractivity contribution in [1.29, 1.82) is 5.26 Å². The highest BCUT2D eigenvalue weighted by Gasteiger charge is 2.48. The summed E-state index contributed by atoms with van der Waals surface area (Å²) in [7, 11) is 0. The Balaban J connectivity index is 1.84. The van der Waals surface area contributed by atoms with Crippen molar-refractivity contribution in [2.45, 2.75) is 18.4 Å². The van der Waals surface area contributed by atoms with Crippen molar-refractivity contribution in [3.05, 3.63) is 33.1 Å². The van der Waals surface area contributed by atoms with E-state index in [4.69, 9.17) is 9.68 Å². The largest absolute Gasteiger partial charge is 0.457 e. The van der Waals surface area contributed by atoms with E-state index in [-0.39, 0.29) is 5.92 Å². The monoisotopic (exact) mass is 394 g/mol. The van der Waals surface area contributed by atoms with Crippen LogP contribution in [0.2, 0.25) is 0 Å². The lowest BCUT2D eigenvalue weighted by Crippen LogP contribution is -2.56. The molecule has 0 radical (unpaired) electrons. The van der Waals surface area contributed by atoms with Crippen LogP contribution >= 0.6 is 22.6 Å². The molecule has 108 valence electrons. The van der Waals surface area contributed by atoms with Crippen molar-refractivity contribution < 1.29 is 9.52 Å². The maximum absolute atomic E-state index is 11.1. The van der Waals surface area contributed by atoms with Gasteiger partial charge in [-0.15, -0.1) is 0 Å². The highest BCUT2D eigenvalue weighted by atomic mass is 127. The molecule has 4 nitrogen and oxygen atoms in total. The molecule has 3 aliphatic heterocycles. The van der Waals surface area contributed by atoms with Crippen molar-refractivity contribution in [3.63, 3.8) is 0 Å². The number of aliphatic hydroxyl groups is 1. The highest BCUT2D eigenvalue weighted by molar-refractivity contribution is 14.1. The molecule has 1 unspecified atom stereocenters. The number of hydrogen-bond donors (Lipinski definition) is 1. The molecule has 21 heavy (non-hydrogen) atoms. The van der Waals surface area contributed by atoms with E-state index in [1.165, 1.54) is 0 Å². The first-order chi connectivity index (χ1) is 10.1. The summed E-state index contributed by atoms with van der Waals surface area (Å²) in [6, 6.07) is 7.73. The van der Waals surface area contributed by atoms with E-state index in [1.54, 1.807) is 0 Å². The van der Waals surface area contributed by atoms with Crippen molar-refractivity contribution in [3.8, 4) is 6.07 Å². The number of benzene rings is 1. The number of hydrogen-bond acceptors (Lipinski definition) is 4. The minimum atomic E-state index is -0.884. The second-order valence-electron chi connectivity index (χ2n) is 6.07. The maximum atomic E-state index is 11.1. The van der Waals surface area contributed by atoms with Gasteiger partial charge in [-0.1, -0.05) is 0 Å². The molecule has 0 amide bonds. The third-order valence-corrected chi connectivity index (χ3v) is 5.66. The minimum Gasteiger partial charge on any atom is -0.457 e. The van der Waals surface area contributed by atoms with Gasteiger partial charge in [-0.3, -0.25) is 4.90 Å². The molecule has 3 aliphatic rings. The van der Waals surface area contributed by atoms with Crippen LogP contribution in [0.4, 0.5) is 0 Å². The Morgan fingerprint density at radius 2 is 2.10 bits per heavy atom. The van der Waals surface area contributed by atoms with Crippen LogP contribution in [0.5, 0.6) is 0 Å². The van der Waals surface area contributed by atoms with E-state index in [9.17, 15) is 5.11 Å². The van der Waals surface area contributed by atoms with Gasteiger partial charge in [0.2, 0.25) is 0 Å². The van der Waals surface area contributed by atoms with Crippen molar-refractivity contribution in [2.75, 3.05) is 19.6 Å². The van der Waals surface area contributed by atoms with E-state index in [0.29, 0.717) is 17.9 Å². The Morgan fingerprint density at radius 3 is 2.71 bits per heavy atom. The van der Waals surface area contributed by atoms with Gasteiger partial charge in [-0.2, -0.15) is 5.26 Å². The molecule has 0 aliphatic carbocycles. The van der Waals surface area contributed by atoms with E-state index < -0.39 is 5.60 Å². The summed E-state index contributed by atoms with van der Waals surface area (Å²) in [6.07, 6.45) is 2.04. The molecular formula is C16H15IN2O2. The van der Waals surface area contributed by atoms with Crippen LogP contribution in [0.15, 0.2) is 22.6 Å². The average molecular weight is 394 g/mol. The molecule has 4 heterocycles. The smallest absolute Gasteiger partial charge is 0.147 e. The average Bonchev–Trinajstić information content (AvgIpc) is 2.93. The molecule has 1 aromatic heterocycles. The molecule has 1 N–H and O–H groups in total. The van der Waals surface area contributed by atoms with E-state index in [2.05, 4.69) is 33.6 Å². The Kier molecular flexibility index (Phi) is 3.03. The first kappa shape index (κ1) is 13.6. The molecule has 3 fully saturated rings. The summed E-state index contributed by atoms with van der Waals surface area (Å²) in [5, 5.41) is 21.1. The molecule has 1 aromatic carbocycles. The number of furan rings is 1. The van der Waals surface area contributed by atoms with Gasteiger partial charge in [0.25, 0.3) is 0 Å². The summed E-state index contributed by atoms with van der Waals surface area (Å²) < 4.78 is 6.91. The molecule has 1 atom stereocenters. The zero-order valence-corrected chi connectivity index (χ0v) is 13.6. The summed E-state index contributed by atoms with van der Waals surface area (Å²) in [4.78, 5) is 2.30. The SMILES string of the molecule is N#Cc1cc(I)c2oc(C3(O)CN4CCC3CC4)cc2c1. The van der Waals surface area contributed by atoms with Crippen LogP contribution < -0.4 is 0 Å². The zero-order chi connectivity index (χ0) is 14.6. The van der Waals surface area contributed by atoms with E-state index in [1.807, 2.05) is 18.2 Å². The van der Waals surface area contributed by atoms with Gasteiger partial charge in [-0.25, -0.2) is 0 Å². The zero-order valence-electron chi connectivity index (χ0n) is 11.5. The first-order valence-electron chi connectivity index (χ1n) is 7.18. The fraction of sp³-hybridized carbons (Fsp3) is 0.438. The lowest BCUT2D eigenvalue weighted by atomic mass is 9.74. The molecule has 2 bridgehead atoms. The number of nitrogens with zero attached hydrogens (tertiary/aromatic N) is 2. The molecule has 5 rings (SSSR count). The Bertz CT molecular complexity index is 755. The van der Waals surface area contributed by atoms with Crippen molar-refractivity contribution >= 4 is 33.6 Å². The summed E-state index contributed by atoms with van der Waals surface area (Å²) in [5.41, 5.74) is 0.514. The Labute approximate surface area is 136 Å². The topological polar surface area (TPSA) is 60.4 Å². The number of halogens is 1. The lowest BCUT2D eigenvalue weighted by molar-refractivity contribution is -0.128. The summed E-state index contributed by atoms with van der Waals surface area (Å²) >= 11 is 2.18. The van der Waals surface area contributed by atoms with E-state index in [0.717, 1.165) is 40.5 Å². The van der Waals surface area contributed by atoms with Gasteiger partial charge in [0, 0.05) is 11.9 Å². The lowest BCUT2D eigenvalue weighted by Gasteiger charge is -2.49. The summed E-state index contributed by atoms with van der Waals surface area (Å²) in [5.74, 6) is 0.927. The normalized spacial score (nSPS) is 31.5. The van der Waals surface area contributed by atoms with Gasteiger partial charge >= 0.3 is 0 Å². The molecule has 2 aromatic rings. The quantitative estimate of drug-likeness (QED) is 0.756. The Hall–Kier alpha value is -1.10. The van der Waals surface area contributed by atoms with Crippen molar-refractivity contribution in [1.82, 2.24) is 4.90 Å². The molecule has 5 heteroatoms. The molecule has 3 saturated heterocycles. The van der Waals surface area contributed by atoms with Gasteiger partial charge in [-0.05, 0) is 72.6 Å². The van der Waals surface area contributed by atoms with Crippen molar-refractivity contribution in [2.24, 2.45) is 5.92 Å². The third kappa shape index (κ3) is 2.00. The second kappa shape index (κ2) is 4.70. The van der Waals surface area contributed by atoms with Crippen LogP contribution in [0.1, 0.15) is 24.2 Å². The highest BCUT2D eigenvalue weighted by Crippen LogP contribution is 2.44. The molecule has 0 saturated carbocycles. The van der Waals surface area contributed by atoms with Gasteiger partial charge in [0.1, 0.15) is 16.9 Å². The standard InChI is InChI=1S/C16H15IN2O2/c17-13-6-10(8-18)5-11-7-14(21-15(11)13)16(20)9-19-3-1-12(16)2-4-19/h5-7,12,20H,1-4,9H2. The van der Waals surface area contributed by atoms with Crippen LogP contribution in [0.3, 0.4) is 0 Å². The fourth-order valence-corrected chi connectivity index (χ4v) is 4.46. The predicted octanol–water partition coefficient (Wildman–Crippen LogP) is 2.82. The molecule has 0 spiro atoms. The number of nitriles is 1. The second-order valence-corrected chi connectivity index (χ2v) is 7.24. The Morgan fingerprint density at radius 1 is 1.33 bits per heavy atom. The fourth-order valence-electron chi connectivity index (χ4n) is 3.71. The van der Waals surface area contributed by atoms with Gasteiger partial charge in [0.05, 0.1) is 15.2 Å². The number of piperidine rings is 3. The van der Waals surface area contributed by atoms with Crippen LogP contribution in [-0.2, 0) is 5.60 Å². The first-order valence-corrected chi connectivity index (χ1v) is 8.26. The van der Waals surface area contributed by atoms with Crippen LogP contribution in [-0.4, -0.2) is 29.6 Å². The third-order valence-electron chi connectivity index (χ3n) is 4.85. The van der Waals surface area contributed by atoms with E-state index >= 15 is 0 Å².